The minimum Gasteiger partial charge on any atom is -0.348 e. The molecule has 0 saturated carbocycles. The first-order valence-corrected chi connectivity index (χ1v) is 9.89. The van der Waals surface area contributed by atoms with Gasteiger partial charge in [0, 0.05) is 14.1 Å². The molecule has 8 heteroatoms. The van der Waals surface area contributed by atoms with E-state index in [9.17, 15) is 9.59 Å². The highest BCUT2D eigenvalue weighted by Crippen LogP contribution is 2.34. The second kappa shape index (κ2) is 7.92. The van der Waals surface area contributed by atoms with Crippen molar-refractivity contribution in [3.63, 3.8) is 0 Å². The SMILES string of the molecule is CN(C)C(=O)[C@@H](Sc1nc2c(cnn2-c2ccccc2)c(=O)[nH]1)c1ccccc1. The molecule has 4 rings (SSSR count). The molecule has 0 aliphatic carbocycles. The van der Waals surface area contributed by atoms with E-state index in [0.717, 1.165) is 11.3 Å². The van der Waals surface area contributed by atoms with E-state index < -0.39 is 5.25 Å². The molecule has 1 amide bonds. The Kier molecular flexibility index (Phi) is 5.18. The molecule has 0 radical (unpaired) electrons. The first-order chi connectivity index (χ1) is 14.0. The van der Waals surface area contributed by atoms with Crippen molar-refractivity contribution in [2.75, 3.05) is 14.1 Å². The molecule has 0 unspecified atom stereocenters. The molecular weight excluding hydrogens is 386 g/mol. The predicted octanol–water partition coefficient (Wildman–Crippen LogP) is 3.03. The van der Waals surface area contributed by atoms with Crippen molar-refractivity contribution in [2.24, 2.45) is 0 Å². The number of aromatic amines is 1. The van der Waals surface area contributed by atoms with Gasteiger partial charge < -0.3 is 9.88 Å². The van der Waals surface area contributed by atoms with E-state index in [0.29, 0.717) is 16.2 Å². The van der Waals surface area contributed by atoms with Gasteiger partial charge in [0.05, 0.1) is 11.9 Å². The van der Waals surface area contributed by atoms with Crippen molar-refractivity contribution in [2.45, 2.75) is 10.4 Å². The van der Waals surface area contributed by atoms with Crippen LogP contribution in [0.1, 0.15) is 10.8 Å². The maximum atomic E-state index is 12.8. The Morgan fingerprint density at radius 3 is 2.38 bits per heavy atom. The van der Waals surface area contributed by atoms with Crippen molar-refractivity contribution in [1.29, 1.82) is 0 Å². The number of carbonyl (C=O) groups excluding carboxylic acids is 1. The molecule has 0 aliphatic heterocycles. The van der Waals surface area contributed by atoms with Crippen LogP contribution < -0.4 is 5.56 Å². The van der Waals surface area contributed by atoms with Crippen LogP contribution in [0.2, 0.25) is 0 Å². The molecule has 29 heavy (non-hydrogen) atoms. The minimum absolute atomic E-state index is 0.0829. The maximum Gasteiger partial charge on any atom is 0.262 e. The summed E-state index contributed by atoms with van der Waals surface area (Å²) in [5.41, 5.74) is 1.81. The number of nitrogens with one attached hydrogen (secondary N) is 1. The average Bonchev–Trinajstić information content (AvgIpc) is 3.17. The lowest BCUT2D eigenvalue weighted by Gasteiger charge is -2.20. The number of hydrogen-bond acceptors (Lipinski definition) is 5. The number of nitrogens with zero attached hydrogens (tertiary/aromatic N) is 4. The number of para-hydroxylation sites is 1. The van der Waals surface area contributed by atoms with Gasteiger partial charge in [0.25, 0.3) is 5.56 Å². The molecule has 7 nitrogen and oxygen atoms in total. The molecule has 2 aromatic heterocycles. The zero-order valence-electron chi connectivity index (χ0n) is 15.9. The average molecular weight is 405 g/mol. The number of thioether (sulfide) groups is 1. The van der Waals surface area contributed by atoms with Crippen LogP contribution >= 0.6 is 11.8 Å². The molecule has 0 saturated heterocycles. The second-order valence-electron chi connectivity index (χ2n) is 6.64. The Hall–Kier alpha value is -3.39. The molecule has 0 bridgehead atoms. The standard InChI is InChI=1S/C21H19N5O2S/c1-25(2)20(28)17(14-9-5-3-6-10-14)29-21-23-18-16(19(27)24-21)13-22-26(18)15-11-7-4-8-12-15/h3-13,17H,1-2H3,(H,23,24,27)/t17-/m0/s1. The van der Waals surface area contributed by atoms with E-state index in [1.54, 1.807) is 18.8 Å². The molecule has 1 atom stereocenters. The van der Waals surface area contributed by atoms with Gasteiger partial charge in [-0.2, -0.15) is 5.10 Å². The van der Waals surface area contributed by atoms with Gasteiger partial charge in [-0.3, -0.25) is 9.59 Å². The smallest absolute Gasteiger partial charge is 0.262 e. The normalized spacial score (nSPS) is 12.1. The van der Waals surface area contributed by atoms with Crippen LogP contribution in [0.5, 0.6) is 0 Å². The third-order valence-corrected chi connectivity index (χ3v) is 5.54. The molecule has 2 aromatic carbocycles. The van der Waals surface area contributed by atoms with E-state index in [2.05, 4.69) is 15.1 Å². The maximum absolute atomic E-state index is 12.8. The van der Waals surface area contributed by atoms with Crippen LogP contribution in [-0.4, -0.2) is 44.7 Å². The van der Waals surface area contributed by atoms with Crippen LogP contribution in [0, 0.1) is 0 Å². The number of benzene rings is 2. The minimum atomic E-state index is -0.528. The summed E-state index contributed by atoms with van der Waals surface area (Å²) in [6.45, 7) is 0. The number of carbonyl (C=O) groups is 1. The highest BCUT2D eigenvalue weighted by Gasteiger charge is 2.25. The van der Waals surface area contributed by atoms with Crippen LogP contribution in [0.3, 0.4) is 0 Å². The van der Waals surface area contributed by atoms with E-state index in [-0.39, 0.29) is 11.5 Å². The molecule has 1 N–H and O–H groups in total. The van der Waals surface area contributed by atoms with E-state index >= 15 is 0 Å². The largest absolute Gasteiger partial charge is 0.348 e. The van der Waals surface area contributed by atoms with Crippen molar-refractivity contribution in [3.8, 4) is 5.69 Å². The quantitative estimate of drug-likeness (QED) is 0.408. The van der Waals surface area contributed by atoms with Gasteiger partial charge in [-0.15, -0.1) is 0 Å². The van der Waals surface area contributed by atoms with Gasteiger partial charge >= 0.3 is 0 Å². The third-order valence-electron chi connectivity index (χ3n) is 4.41. The number of likely N-dealkylation sites (N-methyl/N-ethyl adjacent to an activating group) is 1. The van der Waals surface area contributed by atoms with Crippen LogP contribution in [0.25, 0.3) is 16.7 Å². The summed E-state index contributed by atoms with van der Waals surface area (Å²) in [5.74, 6) is -0.0829. The van der Waals surface area contributed by atoms with Crippen LogP contribution in [-0.2, 0) is 4.79 Å². The zero-order valence-corrected chi connectivity index (χ0v) is 16.8. The van der Waals surface area contributed by atoms with Gasteiger partial charge in [-0.25, -0.2) is 9.67 Å². The van der Waals surface area contributed by atoms with Crippen LogP contribution in [0.15, 0.2) is 76.8 Å². The lowest BCUT2D eigenvalue weighted by Crippen LogP contribution is -2.27. The number of H-pyrrole nitrogens is 1. The summed E-state index contributed by atoms with van der Waals surface area (Å²) >= 11 is 1.22. The monoisotopic (exact) mass is 405 g/mol. The van der Waals surface area contributed by atoms with Gasteiger partial charge in [0.2, 0.25) is 5.91 Å². The summed E-state index contributed by atoms with van der Waals surface area (Å²) in [6.07, 6.45) is 1.50. The lowest BCUT2D eigenvalue weighted by molar-refractivity contribution is -0.128. The Balaban J connectivity index is 1.78. The molecule has 0 aliphatic rings. The van der Waals surface area contributed by atoms with Crippen molar-refractivity contribution in [3.05, 3.63) is 82.8 Å². The summed E-state index contributed by atoms with van der Waals surface area (Å²) < 4.78 is 1.62. The number of fused-ring (bicyclic) bond motifs is 1. The Labute approximate surface area is 171 Å². The molecule has 2 heterocycles. The first-order valence-electron chi connectivity index (χ1n) is 9.01. The van der Waals surface area contributed by atoms with E-state index in [4.69, 9.17) is 0 Å². The number of hydrogen-bond donors (Lipinski definition) is 1. The fourth-order valence-electron chi connectivity index (χ4n) is 2.95. The topological polar surface area (TPSA) is 83.9 Å². The fraction of sp³-hybridized carbons (Fsp3) is 0.143. The van der Waals surface area contributed by atoms with Gasteiger partial charge in [-0.05, 0) is 17.7 Å². The van der Waals surface area contributed by atoms with Crippen molar-refractivity contribution >= 4 is 28.7 Å². The zero-order chi connectivity index (χ0) is 20.4. The molecule has 146 valence electrons. The molecular formula is C21H19N5O2S. The summed E-state index contributed by atoms with van der Waals surface area (Å²) in [5, 5.41) is 4.55. The van der Waals surface area contributed by atoms with E-state index in [1.807, 2.05) is 60.7 Å². The predicted molar refractivity (Wildman–Crippen MR) is 113 cm³/mol. The Morgan fingerprint density at radius 2 is 1.72 bits per heavy atom. The van der Waals surface area contributed by atoms with Gasteiger partial charge in [0.1, 0.15) is 10.6 Å². The lowest BCUT2D eigenvalue weighted by atomic mass is 10.1. The number of amides is 1. The Morgan fingerprint density at radius 1 is 1.07 bits per heavy atom. The van der Waals surface area contributed by atoms with Crippen LogP contribution in [0.4, 0.5) is 0 Å². The van der Waals surface area contributed by atoms with E-state index in [1.165, 1.54) is 22.9 Å². The summed E-state index contributed by atoms with van der Waals surface area (Å²) in [4.78, 5) is 34.3. The fourth-order valence-corrected chi connectivity index (χ4v) is 4.07. The first kappa shape index (κ1) is 18.9. The molecule has 4 aromatic rings. The molecule has 0 spiro atoms. The Bertz CT molecular complexity index is 1200. The second-order valence-corrected chi connectivity index (χ2v) is 7.74. The summed E-state index contributed by atoms with van der Waals surface area (Å²) in [7, 11) is 3.42. The highest BCUT2D eigenvalue weighted by molar-refractivity contribution is 8.00. The number of rotatable bonds is 5. The van der Waals surface area contributed by atoms with Gasteiger partial charge in [-0.1, -0.05) is 60.3 Å². The highest BCUT2D eigenvalue weighted by atomic mass is 32.2. The molecule has 0 fully saturated rings. The van der Waals surface area contributed by atoms with Gasteiger partial charge in [0.15, 0.2) is 10.8 Å². The van der Waals surface area contributed by atoms with Crippen molar-refractivity contribution in [1.82, 2.24) is 24.6 Å². The van der Waals surface area contributed by atoms with Crippen molar-refractivity contribution < 1.29 is 4.79 Å². The number of aromatic nitrogens is 4. The third kappa shape index (κ3) is 3.79. The summed E-state index contributed by atoms with van der Waals surface area (Å²) in [6, 6.07) is 18.9.